The maximum atomic E-state index is 6.33. The molecule has 0 amide bonds. The van der Waals surface area contributed by atoms with Crippen molar-refractivity contribution in [2.75, 3.05) is 20.3 Å². The Morgan fingerprint density at radius 3 is 2.95 bits per heavy atom. The molecule has 0 radical (unpaired) electrons. The van der Waals surface area contributed by atoms with E-state index in [1.54, 1.807) is 19.6 Å². The van der Waals surface area contributed by atoms with E-state index < -0.39 is 0 Å². The van der Waals surface area contributed by atoms with Crippen LogP contribution in [0, 0.1) is 6.92 Å². The van der Waals surface area contributed by atoms with Crippen LogP contribution < -0.4 is 5.32 Å². The smallest absolute Gasteiger partial charge is 0.105 e. The van der Waals surface area contributed by atoms with E-state index in [4.69, 9.17) is 20.8 Å². The highest BCUT2D eigenvalue weighted by molar-refractivity contribution is 6.31. The summed E-state index contributed by atoms with van der Waals surface area (Å²) >= 11 is 6.33. The molecule has 0 aliphatic rings. The van der Waals surface area contributed by atoms with Crippen LogP contribution in [-0.4, -0.2) is 30.0 Å². The molecule has 0 aliphatic heterocycles. The second-order valence-electron chi connectivity index (χ2n) is 4.52. The Morgan fingerprint density at radius 1 is 1.55 bits per heavy atom. The monoisotopic (exact) mass is 297 g/mol. The Labute approximate surface area is 123 Å². The van der Waals surface area contributed by atoms with Crippen molar-refractivity contribution in [1.29, 1.82) is 0 Å². The number of hydrogen-bond donors (Lipinski definition) is 1. The predicted octanol–water partition coefficient (Wildman–Crippen LogP) is 2.78. The van der Waals surface area contributed by atoms with Crippen LogP contribution >= 0.6 is 11.6 Å². The second kappa shape index (κ2) is 6.92. The van der Waals surface area contributed by atoms with Gasteiger partial charge < -0.3 is 14.5 Å². The lowest BCUT2D eigenvalue weighted by Gasteiger charge is -2.19. The van der Waals surface area contributed by atoms with Gasteiger partial charge in [-0.3, -0.25) is 4.68 Å². The molecule has 5 nitrogen and oxygen atoms in total. The number of halogens is 1. The lowest BCUT2D eigenvalue weighted by Crippen LogP contribution is -2.26. The summed E-state index contributed by atoms with van der Waals surface area (Å²) in [6, 6.07) is 1.93. The van der Waals surface area contributed by atoms with Gasteiger partial charge in [-0.15, -0.1) is 0 Å². The first-order valence-corrected chi connectivity index (χ1v) is 7.04. The average molecular weight is 298 g/mol. The molecule has 0 aromatic carbocycles. The summed E-state index contributed by atoms with van der Waals surface area (Å²) in [5, 5.41) is 8.42. The maximum absolute atomic E-state index is 6.33. The molecule has 2 aromatic rings. The molecule has 6 heteroatoms. The van der Waals surface area contributed by atoms with Gasteiger partial charge in [0, 0.05) is 12.7 Å². The van der Waals surface area contributed by atoms with Crippen molar-refractivity contribution in [2.24, 2.45) is 0 Å². The average Bonchev–Trinajstić information content (AvgIpc) is 3.01. The van der Waals surface area contributed by atoms with Crippen LogP contribution in [-0.2, 0) is 11.3 Å². The van der Waals surface area contributed by atoms with E-state index in [-0.39, 0.29) is 6.04 Å². The van der Waals surface area contributed by atoms with Crippen LogP contribution in [0.1, 0.15) is 30.0 Å². The molecule has 1 unspecified atom stereocenters. The third kappa shape index (κ3) is 3.06. The van der Waals surface area contributed by atoms with Gasteiger partial charge in [0.1, 0.15) is 5.76 Å². The fourth-order valence-electron chi connectivity index (χ4n) is 2.27. The number of aromatic nitrogens is 2. The molecule has 0 aliphatic carbocycles. The Morgan fingerprint density at radius 2 is 2.35 bits per heavy atom. The lowest BCUT2D eigenvalue weighted by atomic mass is 10.0. The van der Waals surface area contributed by atoms with Crippen LogP contribution in [0.25, 0.3) is 0 Å². The van der Waals surface area contributed by atoms with Crippen molar-refractivity contribution in [2.45, 2.75) is 26.4 Å². The largest absolute Gasteiger partial charge is 0.469 e. The van der Waals surface area contributed by atoms with Gasteiger partial charge in [0.15, 0.2) is 0 Å². The molecule has 0 saturated heterocycles. The van der Waals surface area contributed by atoms with Crippen LogP contribution in [0.2, 0.25) is 5.02 Å². The number of aryl methyl sites for hydroxylation is 1. The first kappa shape index (κ1) is 15.1. The van der Waals surface area contributed by atoms with E-state index in [2.05, 4.69) is 17.3 Å². The summed E-state index contributed by atoms with van der Waals surface area (Å²) in [6.07, 6.45) is 3.37. The molecular formula is C14H20ClN3O2. The summed E-state index contributed by atoms with van der Waals surface area (Å²) < 4.78 is 12.4. The minimum absolute atomic E-state index is 0.0365. The van der Waals surface area contributed by atoms with Crippen molar-refractivity contribution in [3.63, 3.8) is 0 Å². The van der Waals surface area contributed by atoms with Crippen LogP contribution in [0.5, 0.6) is 0 Å². The van der Waals surface area contributed by atoms with Gasteiger partial charge in [0.25, 0.3) is 0 Å². The third-order valence-corrected chi connectivity index (χ3v) is 3.52. The zero-order valence-corrected chi connectivity index (χ0v) is 12.8. The van der Waals surface area contributed by atoms with Gasteiger partial charge in [-0.25, -0.2) is 0 Å². The van der Waals surface area contributed by atoms with Crippen LogP contribution in [0.15, 0.2) is 22.9 Å². The van der Waals surface area contributed by atoms with Gasteiger partial charge in [-0.05, 0) is 19.5 Å². The van der Waals surface area contributed by atoms with E-state index in [0.29, 0.717) is 18.2 Å². The van der Waals surface area contributed by atoms with E-state index in [1.165, 1.54) is 0 Å². The Hall–Kier alpha value is -1.30. The topological polar surface area (TPSA) is 52.2 Å². The molecule has 2 heterocycles. The molecule has 0 bridgehead atoms. The summed E-state index contributed by atoms with van der Waals surface area (Å²) in [4.78, 5) is 0. The highest BCUT2D eigenvalue weighted by Crippen LogP contribution is 2.30. The highest BCUT2D eigenvalue weighted by Gasteiger charge is 2.24. The van der Waals surface area contributed by atoms with Crippen molar-refractivity contribution in [3.8, 4) is 0 Å². The predicted molar refractivity (Wildman–Crippen MR) is 78.1 cm³/mol. The third-order valence-electron chi connectivity index (χ3n) is 3.23. The second-order valence-corrected chi connectivity index (χ2v) is 4.92. The number of ether oxygens (including phenoxy) is 1. The fourth-order valence-corrected chi connectivity index (χ4v) is 2.52. The SMILES string of the molecule is CCNC(c1ccoc1C)c1c(Cl)cnn1CCOC. The van der Waals surface area contributed by atoms with Gasteiger partial charge in [0.05, 0.1) is 42.4 Å². The van der Waals surface area contributed by atoms with E-state index in [0.717, 1.165) is 23.6 Å². The number of nitrogens with zero attached hydrogens (tertiary/aromatic N) is 2. The van der Waals surface area contributed by atoms with Crippen molar-refractivity contribution in [3.05, 3.63) is 40.6 Å². The number of furan rings is 1. The van der Waals surface area contributed by atoms with Gasteiger partial charge in [0.2, 0.25) is 0 Å². The number of rotatable bonds is 7. The summed E-state index contributed by atoms with van der Waals surface area (Å²) in [5.41, 5.74) is 2.02. The highest BCUT2D eigenvalue weighted by atomic mass is 35.5. The van der Waals surface area contributed by atoms with E-state index in [9.17, 15) is 0 Å². The quantitative estimate of drug-likeness (QED) is 0.854. The van der Waals surface area contributed by atoms with Crippen molar-refractivity contribution in [1.82, 2.24) is 15.1 Å². The van der Waals surface area contributed by atoms with Gasteiger partial charge in [-0.2, -0.15) is 5.10 Å². The normalized spacial score (nSPS) is 12.8. The molecule has 2 aromatic heterocycles. The molecule has 0 saturated carbocycles. The summed E-state index contributed by atoms with van der Waals surface area (Å²) in [5.74, 6) is 0.881. The number of nitrogens with one attached hydrogen (secondary N) is 1. The molecule has 2 rings (SSSR count). The zero-order valence-electron chi connectivity index (χ0n) is 12.0. The van der Waals surface area contributed by atoms with E-state index >= 15 is 0 Å². The van der Waals surface area contributed by atoms with Crippen LogP contribution in [0.3, 0.4) is 0 Å². The molecule has 0 fully saturated rings. The fraction of sp³-hybridized carbons (Fsp3) is 0.500. The van der Waals surface area contributed by atoms with Crippen molar-refractivity contribution < 1.29 is 9.15 Å². The van der Waals surface area contributed by atoms with Crippen molar-refractivity contribution >= 4 is 11.6 Å². The van der Waals surface area contributed by atoms with Gasteiger partial charge >= 0.3 is 0 Å². The Balaban J connectivity index is 2.39. The first-order chi connectivity index (χ1) is 9.69. The number of methoxy groups -OCH3 is 1. The molecule has 1 N–H and O–H groups in total. The first-order valence-electron chi connectivity index (χ1n) is 6.66. The molecule has 1 atom stereocenters. The Bertz CT molecular complexity index is 550. The van der Waals surface area contributed by atoms with Gasteiger partial charge in [-0.1, -0.05) is 18.5 Å². The summed E-state index contributed by atoms with van der Waals surface area (Å²) in [6.45, 7) is 6.09. The molecule has 0 spiro atoms. The lowest BCUT2D eigenvalue weighted by molar-refractivity contribution is 0.182. The minimum atomic E-state index is -0.0365. The number of hydrogen-bond acceptors (Lipinski definition) is 4. The minimum Gasteiger partial charge on any atom is -0.469 e. The molecule has 20 heavy (non-hydrogen) atoms. The Kier molecular flexibility index (Phi) is 5.23. The standard InChI is InChI=1S/C14H20ClN3O2/c1-4-16-13(11-5-7-20-10(11)2)14-12(15)9-17-18(14)6-8-19-3/h5,7,9,13,16H,4,6,8H2,1-3H3. The zero-order chi connectivity index (χ0) is 14.5. The molecule has 110 valence electrons. The summed E-state index contributed by atoms with van der Waals surface area (Å²) in [7, 11) is 1.67. The van der Waals surface area contributed by atoms with Crippen LogP contribution in [0.4, 0.5) is 0 Å². The maximum Gasteiger partial charge on any atom is 0.105 e. The molecular weight excluding hydrogens is 278 g/mol. The van der Waals surface area contributed by atoms with E-state index in [1.807, 2.05) is 17.7 Å².